The summed E-state index contributed by atoms with van der Waals surface area (Å²) in [5.41, 5.74) is -0.762. The fourth-order valence-corrected chi connectivity index (χ4v) is 4.20. The maximum Gasteiger partial charge on any atom is 0.417 e. The van der Waals surface area contributed by atoms with Crippen LogP contribution in [-0.4, -0.2) is 53.9 Å². The fraction of sp³-hybridized carbons (Fsp3) is 0.375. The molecule has 1 atom stereocenters. The highest BCUT2D eigenvalue weighted by Gasteiger charge is 2.35. The zero-order valence-electron chi connectivity index (χ0n) is 18.9. The SMILES string of the molecule is O=C(CC1NCCN(c2ccc(C(F)(F)F)cn2)C1=O)N1CCC=C(c2cccc(C(F)(F)F)c2)C1. The van der Waals surface area contributed by atoms with E-state index >= 15 is 0 Å². The standard InChI is InChI=1S/C24H22F6N4O2/c25-23(26,27)17-5-1-3-15(11-17)16-4-2-9-33(14-16)21(35)12-19-22(36)34(10-8-31-19)20-7-6-18(13-32-20)24(28,29)30/h1,3-7,11,13,19,31H,2,8-10,12,14H2. The van der Waals surface area contributed by atoms with E-state index in [2.05, 4.69) is 10.3 Å². The molecule has 0 radical (unpaired) electrons. The van der Waals surface area contributed by atoms with Crippen LogP contribution in [-0.2, 0) is 21.9 Å². The molecule has 2 amide bonds. The van der Waals surface area contributed by atoms with Crippen LogP contribution in [0, 0.1) is 0 Å². The molecule has 1 unspecified atom stereocenters. The number of pyridine rings is 1. The van der Waals surface area contributed by atoms with Gasteiger partial charge in [-0.15, -0.1) is 0 Å². The Kier molecular flexibility index (Phi) is 7.07. The minimum atomic E-state index is -4.55. The molecule has 36 heavy (non-hydrogen) atoms. The van der Waals surface area contributed by atoms with Crippen molar-refractivity contribution in [1.82, 2.24) is 15.2 Å². The number of nitrogens with zero attached hydrogens (tertiary/aromatic N) is 3. The first-order valence-electron chi connectivity index (χ1n) is 11.2. The predicted octanol–water partition coefficient (Wildman–Crippen LogP) is 4.13. The first-order chi connectivity index (χ1) is 16.9. The van der Waals surface area contributed by atoms with Gasteiger partial charge in [-0.1, -0.05) is 18.2 Å². The van der Waals surface area contributed by atoms with Crippen molar-refractivity contribution in [2.75, 3.05) is 31.1 Å². The smallest absolute Gasteiger partial charge is 0.338 e. The zero-order chi connectivity index (χ0) is 26.1. The molecule has 1 N–H and O–H groups in total. The molecule has 2 aliphatic heterocycles. The van der Waals surface area contributed by atoms with Gasteiger partial charge in [-0.05, 0) is 41.8 Å². The van der Waals surface area contributed by atoms with E-state index < -0.39 is 35.4 Å². The molecule has 1 aromatic heterocycles. The average molecular weight is 512 g/mol. The van der Waals surface area contributed by atoms with Gasteiger partial charge in [0.05, 0.1) is 23.6 Å². The number of amides is 2. The largest absolute Gasteiger partial charge is 0.417 e. The molecule has 0 saturated carbocycles. The Hall–Kier alpha value is -3.41. The summed E-state index contributed by atoms with van der Waals surface area (Å²) in [5, 5.41) is 2.96. The molecule has 0 spiro atoms. The molecule has 4 rings (SSSR count). The highest BCUT2D eigenvalue weighted by molar-refractivity contribution is 5.99. The van der Waals surface area contributed by atoms with Crippen molar-refractivity contribution in [3.8, 4) is 0 Å². The second-order valence-electron chi connectivity index (χ2n) is 8.52. The van der Waals surface area contributed by atoms with Crippen molar-refractivity contribution >= 4 is 23.2 Å². The van der Waals surface area contributed by atoms with Gasteiger partial charge < -0.3 is 10.2 Å². The minimum Gasteiger partial charge on any atom is -0.338 e. The van der Waals surface area contributed by atoms with Crippen molar-refractivity contribution in [3.05, 3.63) is 65.4 Å². The number of nitrogens with one attached hydrogen (secondary N) is 1. The van der Waals surface area contributed by atoms with Gasteiger partial charge in [0.25, 0.3) is 0 Å². The summed E-state index contributed by atoms with van der Waals surface area (Å²) in [6, 6.07) is 5.94. The molecule has 0 bridgehead atoms. The predicted molar refractivity (Wildman–Crippen MR) is 119 cm³/mol. The van der Waals surface area contributed by atoms with E-state index in [9.17, 15) is 35.9 Å². The number of hydrogen-bond acceptors (Lipinski definition) is 4. The van der Waals surface area contributed by atoms with Crippen LogP contribution in [0.4, 0.5) is 32.2 Å². The van der Waals surface area contributed by atoms with Crippen LogP contribution in [0.3, 0.4) is 0 Å². The van der Waals surface area contributed by atoms with E-state index in [1.165, 1.54) is 15.9 Å². The number of piperazine rings is 1. The summed E-state index contributed by atoms with van der Waals surface area (Å²) in [7, 11) is 0. The monoisotopic (exact) mass is 512 g/mol. The highest BCUT2D eigenvalue weighted by atomic mass is 19.4. The minimum absolute atomic E-state index is 0.0553. The summed E-state index contributed by atoms with van der Waals surface area (Å²) in [6.45, 7) is 0.938. The van der Waals surface area contributed by atoms with E-state index in [4.69, 9.17) is 0 Å². The Balaban J connectivity index is 1.41. The molecular formula is C24H22F6N4O2. The average Bonchev–Trinajstić information content (AvgIpc) is 2.84. The molecule has 6 nitrogen and oxygen atoms in total. The third-order valence-electron chi connectivity index (χ3n) is 6.09. The van der Waals surface area contributed by atoms with Gasteiger partial charge in [0.2, 0.25) is 11.8 Å². The quantitative estimate of drug-likeness (QED) is 0.626. The first kappa shape index (κ1) is 25.7. The Morgan fingerprint density at radius 1 is 1.03 bits per heavy atom. The van der Waals surface area contributed by atoms with Gasteiger partial charge in [0, 0.05) is 32.4 Å². The topological polar surface area (TPSA) is 65.5 Å². The Bertz CT molecular complexity index is 1160. The summed E-state index contributed by atoms with van der Waals surface area (Å²) < 4.78 is 77.7. The molecule has 1 aromatic carbocycles. The van der Waals surface area contributed by atoms with Crippen LogP contribution in [0.5, 0.6) is 0 Å². The molecule has 2 aliphatic rings. The van der Waals surface area contributed by atoms with Gasteiger partial charge in [-0.3, -0.25) is 14.5 Å². The van der Waals surface area contributed by atoms with E-state index in [0.717, 1.165) is 24.3 Å². The lowest BCUT2D eigenvalue weighted by Crippen LogP contribution is -2.57. The summed E-state index contributed by atoms with van der Waals surface area (Å²) in [5.74, 6) is -0.798. The molecule has 1 fully saturated rings. The van der Waals surface area contributed by atoms with Gasteiger partial charge in [-0.2, -0.15) is 26.3 Å². The number of carbonyl (C=O) groups is 2. The van der Waals surface area contributed by atoms with Gasteiger partial charge in [-0.25, -0.2) is 4.98 Å². The van der Waals surface area contributed by atoms with E-state index in [1.54, 1.807) is 12.1 Å². The maximum absolute atomic E-state index is 13.1. The molecule has 0 aliphatic carbocycles. The normalized spacial score (nSPS) is 19.3. The number of hydrogen-bond donors (Lipinski definition) is 1. The summed E-state index contributed by atoms with van der Waals surface area (Å²) in [6.07, 6.45) is -6.34. The van der Waals surface area contributed by atoms with Crippen molar-refractivity contribution in [2.24, 2.45) is 0 Å². The number of carbonyl (C=O) groups excluding carboxylic acids is 2. The lowest BCUT2D eigenvalue weighted by atomic mass is 9.98. The lowest BCUT2D eigenvalue weighted by molar-refractivity contribution is -0.138. The van der Waals surface area contributed by atoms with Gasteiger partial charge in [0.15, 0.2) is 0 Å². The molecular weight excluding hydrogens is 490 g/mol. The van der Waals surface area contributed by atoms with Crippen LogP contribution in [0.15, 0.2) is 48.7 Å². The first-order valence-corrected chi connectivity index (χ1v) is 11.2. The number of anilines is 1. The second-order valence-corrected chi connectivity index (χ2v) is 8.52. The van der Waals surface area contributed by atoms with Gasteiger partial charge in [0.1, 0.15) is 5.82 Å². The van der Waals surface area contributed by atoms with Crippen molar-refractivity contribution < 1.29 is 35.9 Å². The number of halogens is 6. The molecule has 12 heteroatoms. The Labute approximate surface area is 202 Å². The lowest BCUT2D eigenvalue weighted by Gasteiger charge is -2.34. The maximum atomic E-state index is 13.1. The van der Waals surface area contributed by atoms with Gasteiger partial charge >= 0.3 is 12.4 Å². The number of benzene rings is 1. The van der Waals surface area contributed by atoms with Crippen LogP contribution in [0.1, 0.15) is 29.5 Å². The number of alkyl halides is 6. The van der Waals surface area contributed by atoms with E-state index in [1.807, 2.05) is 0 Å². The van der Waals surface area contributed by atoms with Crippen LogP contribution in [0.2, 0.25) is 0 Å². The van der Waals surface area contributed by atoms with Crippen LogP contribution in [0.25, 0.3) is 5.57 Å². The van der Waals surface area contributed by atoms with E-state index in [-0.39, 0.29) is 31.2 Å². The number of aromatic nitrogens is 1. The molecule has 2 aromatic rings. The second kappa shape index (κ2) is 9.92. The molecule has 192 valence electrons. The Morgan fingerprint density at radius 3 is 2.44 bits per heavy atom. The summed E-state index contributed by atoms with van der Waals surface area (Å²) >= 11 is 0. The van der Waals surface area contributed by atoms with Crippen molar-refractivity contribution in [1.29, 1.82) is 0 Å². The van der Waals surface area contributed by atoms with Crippen LogP contribution >= 0.6 is 0 Å². The van der Waals surface area contributed by atoms with Crippen LogP contribution < -0.4 is 10.2 Å². The van der Waals surface area contributed by atoms with Crippen molar-refractivity contribution in [3.63, 3.8) is 0 Å². The van der Waals surface area contributed by atoms with Crippen molar-refractivity contribution in [2.45, 2.75) is 31.2 Å². The Morgan fingerprint density at radius 2 is 1.78 bits per heavy atom. The molecule has 1 saturated heterocycles. The fourth-order valence-electron chi connectivity index (χ4n) is 4.20. The zero-order valence-corrected chi connectivity index (χ0v) is 18.9. The number of rotatable bonds is 4. The highest BCUT2D eigenvalue weighted by Crippen LogP contribution is 2.32. The third kappa shape index (κ3) is 5.69. The van der Waals surface area contributed by atoms with E-state index in [0.29, 0.717) is 36.8 Å². The molecule has 3 heterocycles. The third-order valence-corrected chi connectivity index (χ3v) is 6.09. The summed E-state index contributed by atoms with van der Waals surface area (Å²) in [4.78, 5) is 32.4.